The number of thioether (sulfide) groups is 2. The summed E-state index contributed by atoms with van der Waals surface area (Å²) >= 11 is 6.98. The van der Waals surface area contributed by atoms with Gasteiger partial charge in [-0.25, -0.2) is 0 Å². The van der Waals surface area contributed by atoms with Gasteiger partial charge in [0.15, 0.2) is 6.23 Å². The molecule has 2 fully saturated rings. The molecule has 2 heterocycles. The molecule has 2 rings (SSSR count). The van der Waals surface area contributed by atoms with Crippen LogP contribution in [0.2, 0.25) is 0 Å². The predicted molar refractivity (Wildman–Crippen MR) is 88.3 cm³/mol. The van der Waals surface area contributed by atoms with Crippen molar-refractivity contribution in [2.24, 2.45) is 0 Å². The van der Waals surface area contributed by atoms with Gasteiger partial charge < -0.3 is 20.2 Å². The first-order valence-electron chi connectivity index (χ1n) is 6.26. The summed E-state index contributed by atoms with van der Waals surface area (Å²) in [6.45, 7) is 0.622. The molecule has 1 amide bonds. The maximum Gasteiger partial charge on any atom is 0.323 e. The van der Waals surface area contributed by atoms with Crippen LogP contribution in [0.5, 0.6) is 0 Å². The van der Waals surface area contributed by atoms with Crippen molar-refractivity contribution < 1.29 is 29.7 Å². The van der Waals surface area contributed by atoms with Gasteiger partial charge in [0, 0.05) is 4.91 Å². The monoisotopic (exact) mass is 376 g/mol. The highest BCUT2D eigenvalue weighted by Crippen LogP contribution is 2.47. The summed E-state index contributed by atoms with van der Waals surface area (Å²) in [4.78, 5) is 36.9. The Morgan fingerprint density at radius 3 is 2.39 bits per heavy atom. The molecule has 2 aliphatic rings. The molecule has 2 aliphatic heterocycles. The number of aliphatic hydroxyl groups excluding tert-OH is 1. The van der Waals surface area contributed by atoms with E-state index >= 15 is 0 Å². The lowest BCUT2D eigenvalue weighted by Crippen LogP contribution is -2.36. The van der Waals surface area contributed by atoms with Crippen LogP contribution in [0.1, 0.15) is 6.92 Å². The molecule has 0 aliphatic carbocycles. The Hall–Kier alpha value is -1.56. The zero-order valence-corrected chi connectivity index (χ0v) is 14.2. The molecular formula is C12H12N2O6S3. The van der Waals surface area contributed by atoms with Crippen molar-refractivity contribution >= 4 is 57.9 Å². The lowest BCUT2D eigenvalue weighted by atomic mass is 10.3. The summed E-state index contributed by atoms with van der Waals surface area (Å²) in [7, 11) is 0. The molecule has 8 nitrogen and oxygen atoms in total. The lowest BCUT2D eigenvalue weighted by Gasteiger charge is -2.21. The number of rotatable bonds is 4. The predicted octanol–water partition coefficient (Wildman–Crippen LogP) is 0.456. The van der Waals surface area contributed by atoms with Gasteiger partial charge >= 0.3 is 11.9 Å². The molecule has 3 N–H and O–H groups in total. The van der Waals surface area contributed by atoms with Gasteiger partial charge in [-0.1, -0.05) is 41.8 Å². The summed E-state index contributed by atoms with van der Waals surface area (Å²) < 4.78 is 0.0826. The second-order valence-electron chi connectivity index (χ2n) is 4.48. The molecule has 124 valence electrons. The summed E-state index contributed by atoms with van der Waals surface area (Å²) in [6.07, 6.45) is 0.453. The quantitative estimate of drug-likeness (QED) is 0.471. The zero-order valence-electron chi connectivity index (χ0n) is 11.8. The molecule has 1 atom stereocenters. The average molecular weight is 376 g/mol. The number of nitrogens with zero attached hydrogens (tertiary/aromatic N) is 2. The van der Waals surface area contributed by atoms with E-state index in [1.54, 1.807) is 13.0 Å². The summed E-state index contributed by atoms with van der Waals surface area (Å²) in [5.74, 6) is -2.98. The molecule has 0 bridgehead atoms. The zero-order chi connectivity index (χ0) is 17.3. The van der Waals surface area contributed by atoms with E-state index in [0.717, 1.165) is 28.4 Å². The third-order valence-corrected chi connectivity index (χ3v) is 5.83. The first-order valence-corrected chi connectivity index (χ1v) is 8.30. The van der Waals surface area contributed by atoms with Crippen LogP contribution in [0.3, 0.4) is 0 Å². The molecular weight excluding hydrogens is 364 g/mol. The highest BCUT2D eigenvalue weighted by atomic mass is 32.2. The third kappa shape index (κ3) is 3.52. The number of aliphatic hydroxyl groups is 1. The van der Waals surface area contributed by atoms with Crippen LogP contribution < -0.4 is 0 Å². The third-order valence-electron chi connectivity index (χ3n) is 2.95. The second-order valence-corrected chi connectivity index (χ2v) is 7.18. The number of hydrogen-bond donors (Lipinski definition) is 3. The first kappa shape index (κ1) is 17.8. The summed E-state index contributed by atoms with van der Waals surface area (Å²) in [5, 5.41) is 28.3. The second kappa shape index (κ2) is 6.91. The van der Waals surface area contributed by atoms with Gasteiger partial charge in [0.2, 0.25) is 0 Å². The minimum atomic E-state index is -1.21. The number of carboxylic acids is 2. The molecule has 0 radical (unpaired) electrons. The van der Waals surface area contributed by atoms with E-state index in [9.17, 15) is 19.5 Å². The van der Waals surface area contributed by atoms with E-state index in [0.29, 0.717) is 4.91 Å². The minimum absolute atomic E-state index is 0.0826. The van der Waals surface area contributed by atoms with Crippen LogP contribution >= 0.6 is 35.7 Å². The topological polar surface area (TPSA) is 118 Å². The van der Waals surface area contributed by atoms with Crippen molar-refractivity contribution in [1.29, 1.82) is 0 Å². The van der Waals surface area contributed by atoms with E-state index < -0.39 is 37.2 Å². The van der Waals surface area contributed by atoms with Gasteiger partial charge in [-0.3, -0.25) is 19.3 Å². The van der Waals surface area contributed by atoms with Crippen molar-refractivity contribution in [3.8, 4) is 0 Å². The fourth-order valence-electron chi connectivity index (χ4n) is 1.97. The number of amides is 1. The SMILES string of the molecule is C/C=C1/S/C(=C2\SC(=S)N(CC(=O)O)C2=O)N(CC(=O)O)C1O. The van der Waals surface area contributed by atoms with Crippen LogP contribution in [-0.2, 0) is 14.4 Å². The van der Waals surface area contributed by atoms with Crippen LogP contribution in [0.15, 0.2) is 20.9 Å². The molecule has 23 heavy (non-hydrogen) atoms. The van der Waals surface area contributed by atoms with Gasteiger partial charge in [-0.05, 0) is 6.92 Å². The number of thiocarbonyl (C=S) groups is 1. The Bertz CT molecular complexity index is 659. The molecule has 1 unspecified atom stereocenters. The van der Waals surface area contributed by atoms with E-state index in [1.807, 2.05) is 0 Å². The number of hydrogen-bond acceptors (Lipinski definition) is 8. The van der Waals surface area contributed by atoms with Crippen LogP contribution in [0, 0.1) is 0 Å². The highest BCUT2D eigenvalue weighted by molar-refractivity contribution is 8.27. The fourth-order valence-corrected chi connectivity index (χ4v) is 4.49. The highest BCUT2D eigenvalue weighted by Gasteiger charge is 2.42. The molecule has 0 aromatic heterocycles. The lowest BCUT2D eigenvalue weighted by molar-refractivity contribution is -0.140. The standard InChI is InChI=1S/C12H12N2O6S3/c1-2-5-9(19)13(3-6(15)16)11(22-5)8-10(20)14(4-7(17)18)12(21)23-8/h2,9,19H,3-4H2,1H3,(H,15,16)(H,17,18)/b5-2+,11-8-. The molecule has 0 spiro atoms. The van der Waals surface area contributed by atoms with E-state index in [2.05, 4.69) is 0 Å². The molecule has 0 saturated carbocycles. The number of allylic oxidation sites excluding steroid dienone is 1. The number of carbonyl (C=O) groups excluding carboxylic acids is 1. The van der Waals surface area contributed by atoms with Crippen molar-refractivity contribution in [3.05, 3.63) is 20.9 Å². The molecule has 0 aromatic carbocycles. The Morgan fingerprint density at radius 2 is 1.87 bits per heavy atom. The molecule has 2 saturated heterocycles. The van der Waals surface area contributed by atoms with Crippen molar-refractivity contribution in [2.45, 2.75) is 13.2 Å². The molecule has 0 aromatic rings. The van der Waals surface area contributed by atoms with Crippen molar-refractivity contribution in [3.63, 3.8) is 0 Å². The Morgan fingerprint density at radius 1 is 1.26 bits per heavy atom. The minimum Gasteiger partial charge on any atom is -0.480 e. The largest absolute Gasteiger partial charge is 0.480 e. The van der Waals surface area contributed by atoms with Crippen molar-refractivity contribution in [1.82, 2.24) is 9.80 Å². The Labute approximate surface area is 144 Å². The summed E-state index contributed by atoms with van der Waals surface area (Å²) in [6, 6.07) is 0. The molecule has 11 heteroatoms. The number of carbonyl (C=O) groups is 3. The van der Waals surface area contributed by atoms with Crippen LogP contribution in [0.4, 0.5) is 0 Å². The normalized spacial score (nSPS) is 26.5. The number of aliphatic carboxylic acids is 2. The average Bonchev–Trinajstić information content (AvgIpc) is 2.90. The maximum absolute atomic E-state index is 12.4. The van der Waals surface area contributed by atoms with Gasteiger partial charge in [0.1, 0.15) is 22.3 Å². The first-order chi connectivity index (χ1) is 10.8. The van der Waals surface area contributed by atoms with Gasteiger partial charge in [0.25, 0.3) is 5.91 Å². The fraction of sp³-hybridized carbons (Fsp3) is 0.333. The smallest absolute Gasteiger partial charge is 0.323 e. The van der Waals surface area contributed by atoms with Crippen molar-refractivity contribution in [2.75, 3.05) is 13.1 Å². The van der Waals surface area contributed by atoms with Gasteiger partial charge in [0.05, 0.1) is 5.03 Å². The Balaban J connectivity index is 2.42. The van der Waals surface area contributed by atoms with E-state index in [4.69, 9.17) is 22.4 Å². The van der Waals surface area contributed by atoms with Gasteiger partial charge in [-0.2, -0.15) is 0 Å². The van der Waals surface area contributed by atoms with Crippen LogP contribution in [0.25, 0.3) is 0 Å². The van der Waals surface area contributed by atoms with E-state index in [1.165, 1.54) is 4.90 Å². The van der Waals surface area contributed by atoms with E-state index in [-0.39, 0.29) is 14.3 Å². The number of carboxylic acid groups (broad SMARTS) is 2. The Kier molecular flexibility index (Phi) is 5.34. The summed E-state index contributed by atoms with van der Waals surface area (Å²) in [5.41, 5.74) is 0. The van der Waals surface area contributed by atoms with Crippen LogP contribution in [-0.4, -0.2) is 66.6 Å². The maximum atomic E-state index is 12.4. The van der Waals surface area contributed by atoms with Gasteiger partial charge in [-0.15, -0.1) is 0 Å².